The third-order valence-corrected chi connectivity index (χ3v) is 2.67. The first-order valence-corrected chi connectivity index (χ1v) is 6.43. The molecule has 19 heavy (non-hydrogen) atoms. The molecule has 0 amide bonds. The van der Waals surface area contributed by atoms with Gasteiger partial charge in [0.05, 0.1) is 26.1 Å². The van der Waals surface area contributed by atoms with Gasteiger partial charge >= 0.3 is 5.97 Å². The average Bonchev–Trinajstić information content (AvgIpc) is 2.45. The van der Waals surface area contributed by atoms with Crippen molar-refractivity contribution in [2.75, 3.05) is 13.7 Å². The zero-order chi connectivity index (χ0) is 14.1. The zero-order valence-corrected chi connectivity index (χ0v) is 11.7. The minimum Gasteiger partial charge on any atom is -0.494 e. The number of benzene rings is 1. The van der Waals surface area contributed by atoms with E-state index in [4.69, 9.17) is 9.47 Å². The lowest BCUT2D eigenvalue weighted by Gasteiger charge is -2.11. The van der Waals surface area contributed by atoms with Crippen LogP contribution in [0.2, 0.25) is 0 Å². The second kappa shape index (κ2) is 8.20. The molecule has 0 aliphatic rings. The zero-order valence-electron chi connectivity index (χ0n) is 11.7. The highest BCUT2D eigenvalue weighted by Crippen LogP contribution is 2.22. The predicted octanol–water partition coefficient (Wildman–Crippen LogP) is 3.15. The van der Waals surface area contributed by atoms with Crippen LogP contribution in [-0.4, -0.2) is 19.7 Å². The summed E-state index contributed by atoms with van der Waals surface area (Å²) in [7, 11) is 1.39. The van der Waals surface area contributed by atoms with E-state index in [1.165, 1.54) is 7.11 Å². The van der Waals surface area contributed by atoms with Gasteiger partial charge in [-0.3, -0.25) is 4.79 Å². The monoisotopic (exact) mass is 260 g/mol. The molecule has 1 aromatic carbocycles. The van der Waals surface area contributed by atoms with Crippen molar-refractivity contribution in [3.63, 3.8) is 0 Å². The maximum Gasteiger partial charge on any atom is 0.307 e. The summed E-state index contributed by atoms with van der Waals surface area (Å²) >= 11 is 0. The SMILES string of the molecule is CC#CC(CC(=O)OC)c1ccc(OCCC)cc1. The molecule has 1 rings (SSSR count). The van der Waals surface area contributed by atoms with Crippen molar-refractivity contribution in [3.8, 4) is 17.6 Å². The third-order valence-electron chi connectivity index (χ3n) is 2.67. The first-order chi connectivity index (χ1) is 9.21. The molecule has 3 heteroatoms. The number of carbonyl (C=O) groups excluding carboxylic acids is 1. The Hall–Kier alpha value is -1.95. The lowest BCUT2D eigenvalue weighted by molar-refractivity contribution is -0.140. The van der Waals surface area contributed by atoms with E-state index in [1.807, 2.05) is 24.3 Å². The Morgan fingerprint density at radius 2 is 2.00 bits per heavy atom. The highest BCUT2D eigenvalue weighted by atomic mass is 16.5. The molecule has 0 radical (unpaired) electrons. The Balaban J connectivity index is 2.78. The molecule has 1 aromatic rings. The van der Waals surface area contributed by atoms with E-state index in [-0.39, 0.29) is 18.3 Å². The van der Waals surface area contributed by atoms with E-state index in [0.717, 1.165) is 17.7 Å². The van der Waals surface area contributed by atoms with Gasteiger partial charge in [0, 0.05) is 0 Å². The van der Waals surface area contributed by atoms with Crippen LogP contribution in [0, 0.1) is 11.8 Å². The molecule has 0 aliphatic carbocycles. The summed E-state index contributed by atoms with van der Waals surface area (Å²) in [6.45, 7) is 4.54. The number of methoxy groups -OCH3 is 1. The lowest BCUT2D eigenvalue weighted by Crippen LogP contribution is -2.07. The number of carbonyl (C=O) groups is 1. The van der Waals surface area contributed by atoms with Gasteiger partial charge in [-0.1, -0.05) is 25.0 Å². The van der Waals surface area contributed by atoms with E-state index in [9.17, 15) is 4.79 Å². The molecule has 0 fully saturated rings. The molecule has 1 atom stereocenters. The molecule has 102 valence electrons. The Morgan fingerprint density at radius 3 is 2.53 bits per heavy atom. The Kier molecular flexibility index (Phi) is 6.52. The summed E-state index contributed by atoms with van der Waals surface area (Å²) in [4.78, 5) is 11.4. The molecular weight excluding hydrogens is 240 g/mol. The second-order valence-electron chi connectivity index (χ2n) is 4.14. The minimum atomic E-state index is -0.251. The predicted molar refractivity (Wildman–Crippen MR) is 75.1 cm³/mol. The molecule has 0 aromatic heterocycles. The fourth-order valence-corrected chi connectivity index (χ4v) is 1.69. The van der Waals surface area contributed by atoms with Crippen LogP contribution in [0.3, 0.4) is 0 Å². The Bertz CT molecular complexity index is 451. The smallest absolute Gasteiger partial charge is 0.307 e. The summed E-state index contributed by atoms with van der Waals surface area (Å²) in [6, 6.07) is 7.71. The molecule has 0 N–H and O–H groups in total. The summed E-state index contributed by atoms with van der Waals surface area (Å²) < 4.78 is 10.2. The van der Waals surface area contributed by atoms with Crippen LogP contribution in [0.4, 0.5) is 0 Å². The number of rotatable bonds is 6. The van der Waals surface area contributed by atoms with Gasteiger partial charge in [-0.15, -0.1) is 5.92 Å². The molecular formula is C16H20O3. The van der Waals surface area contributed by atoms with Crippen LogP contribution in [0.25, 0.3) is 0 Å². The van der Waals surface area contributed by atoms with Crippen molar-refractivity contribution >= 4 is 5.97 Å². The van der Waals surface area contributed by atoms with Gasteiger partial charge in [0.25, 0.3) is 0 Å². The fraction of sp³-hybridized carbons (Fsp3) is 0.438. The minimum absolute atomic E-state index is 0.127. The van der Waals surface area contributed by atoms with Gasteiger partial charge in [0.1, 0.15) is 5.75 Å². The molecule has 0 heterocycles. The van der Waals surface area contributed by atoms with Gasteiger partial charge < -0.3 is 9.47 Å². The molecule has 0 bridgehead atoms. The topological polar surface area (TPSA) is 35.5 Å². The second-order valence-corrected chi connectivity index (χ2v) is 4.14. The number of hydrogen-bond acceptors (Lipinski definition) is 3. The largest absolute Gasteiger partial charge is 0.494 e. The Labute approximate surface area is 114 Å². The quantitative estimate of drug-likeness (QED) is 0.582. The highest BCUT2D eigenvalue weighted by Gasteiger charge is 2.14. The normalized spacial score (nSPS) is 11.1. The van der Waals surface area contributed by atoms with Crippen LogP contribution in [0.5, 0.6) is 5.75 Å². The molecule has 1 unspecified atom stereocenters. The molecule has 0 spiro atoms. The molecule has 0 aliphatic heterocycles. The number of ether oxygens (including phenoxy) is 2. The van der Waals surface area contributed by atoms with Crippen molar-refractivity contribution < 1.29 is 14.3 Å². The third kappa shape index (κ3) is 5.05. The van der Waals surface area contributed by atoms with Crippen molar-refractivity contribution in [2.45, 2.75) is 32.6 Å². The summed E-state index contributed by atoms with van der Waals surface area (Å²) in [5.74, 6) is 6.35. The first kappa shape index (κ1) is 15.1. The van der Waals surface area contributed by atoms with Crippen LogP contribution < -0.4 is 4.74 Å². The van der Waals surface area contributed by atoms with Gasteiger partial charge in [-0.05, 0) is 31.0 Å². The van der Waals surface area contributed by atoms with E-state index in [2.05, 4.69) is 18.8 Å². The van der Waals surface area contributed by atoms with E-state index >= 15 is 0 Å². The maximum atomic E-state index is 11.4. The van der Waals surface area contributed by atoms with Crippen LogP contribution in [-0.2, 0) is 9.53 Å². The van der Waals surface area contributed by atoms with Gasteiger partial charge in [0.2, 0.25) is 0 Å². The highest BCUT2D eigenvalue weighted by molar-refractivity contribution is 5.71. The van der Waals surface area contributed by atoms with Crippen molar-refractivity contribution in [1.29, 1.82) is 0 Å². The van der Waals surface area contributed by atoms with Crippen LogP contribution in [0.1, 0.15) is 38.2 Å². The number of esters is 1. The van der Waals surface area contributed by atoms with Crippen molar-refractivity contribution in [2.24, 2.45) is 0 Å². The van der Waals surface area contributed by atoms with Crippen LogP contribution >= 0.6 is 0 Å². The van der Waals surface area contributed by atoms with Crippen molar-refractivity contribution in [3.05, 3.63) is 29.8 Å². The fourth-order valence-electron chi connectivity index (χ4n) is 1.69. The Morgan fingerprint density at radius 1 is 1.32 bits per heavy atom. The summed E-state index contributed by atoms with van der Waals surface area (Å²) in [5.41, 5.74) is 1.00. The first-order valence-electron chi connectivity index (χ1n) is 6.43. The summed E-state index contributed by atoms with van der Waals surface area (Å²) in [6.07, 6.45) is 1.25. The standard InChI is InChI=1S/C16H20O3/c1-4-6-14(12-16(17)18-3)13-7-9-15(10-8-13)19-11-5-2/h7-10,14H,5,11-12H2,1-3H3. The maximum absolute atomic E-state index is 11.4. The number of hydrogen-bond donors (Lipinski definition) is 0. The van der Waals surface area contributed by atoms with Gasteiger partial charge in [-0.2, -0.15) is 0 Å². The van der Waals surface area contributed by atoms with Gasteiger partial charge in [-0.25, -0.2) is 0 Å². The van der Waals surface area contributed by atoms with E-state index in [0.29, 0.717) is 6.61 Å². The van der Waals surface area contributed by atoms with Crippen molar-refractivity contribution in [1.82, 2.24) is 0 Å². The van der Waals surface area contributed by atoms with Gasteiger partial charge in [0.15, 0.2) is 0 Å². The summed E-state index contributed by atoms with van der Waals surface area (Å²) in [5, 5.41) is 0. The average molecular weight is 260 g/mol. The van der Waals surface area contributed by atoms with E-state index < -0.39 is 0 Å². The molecule has 0 saturated heterocycles. The van der Waals surface area contributed by atoms with E-state index in [1.54, 1.807) is 6.92 Å². The lowest BCUT2D eigenvalue weighted by atomic mass is 9.96. The van der Waals surface area contributed by atoms with Crippen LogP contribution in [0.15, 0.2) is 24.3 Å². The molecule has 3 nitrogen and oxygen atoms in total. The molecule has 0 saturated carbocycles.